The Hall–Kier alpha value is -3.68. The molecule has 2 aromatic rings. The second-order valence-corrected chi connectivity index (χ2v) is 4.73. The van der Waals surface area contributed by atoms with E-state index in [9.17, 15) is 19.2 Å². The van der Waals surface area contributed by atoms with E-state index in [0.29, 0.717) is 5.56 Å². The molecule has 3 rings (SSSR count). The van der Waals surface area contributed by atoms with Gasteiger partial charge in [-0.1, -0.05) is 12.1 Å². The van der Waals surface area contributed by atoms with E-state index in [-0.39, 0.29) is 17.1 Å². The molecule has 0 unspecified atom stereocenters. The zero-order valence-electron chi connectivity index (χ0n) is 12.1. The molecule has 0 bridgehead atoms. The minimum absolute atomic E-state index is 0.0707. The van der Waals surface area contributed by atoms with Crippen LogP contribution in [-0.4, -0.2) is 23.8 Å². The van der Waals surface area contributed by atoms with Crippen LogP contribution in [0.5, 0.6) is 5.75 Å². The summed E-state index contributed by atoms with van der Waals surface area (Å²) in [7, 11) is 0. The molecule has 0 aliphatic carbocycles. The first-order valence-electron chi connectivity index (χ1n) is 6.77. The second kappa shape index (κ2) is 6.21. The largest absolute Gasteiger partial charge is 0.457 e. The molecule has 1 aromatic heterocycles. The summed E-state index contributed by atoms with van der Waals surface area (Å²) >= 11 is 0. The number of hydrogen-bond donors (Lipinski definition) is 2. The molecule has 0 radical (unpaired) electrons. The van der Waals surface area contributed by atoms with Gasteiger partial charge in [-0.05, 0) is 35.9 Å². The lowest BCUT2D eigenvalue weighted by molar-refractivity contribution is -0.123. The highest BCUT2D eigenvalue weighted by Gasteiger charge is 2.27. The zero-order chi connectivity index (χ0) is 17.1. The van der Waals surface area contributed by atoms with Crippen molar-refractivity contribution < 1.29 is 28.3 Å². The highest BCUT2D eigenvalue weighted by atomic mass is 16.5. The van der Waals surface area contributed by atoms with Gasteiger partial charge < -0.3 is 9.15 Å². The topological polar surface area (TPSA) is 115 Å². The first kappa shape index (κ1) is 15.2. The van der Waals surface area contributed by atoms with Crippen LogP contribution in [0.25, 0.3) is 6.08 Å². The summed E-state index contributed by atoms with van der Waals surface area (Å²) in [5, 5.41) is 3.95. The van der Waals surface area contributed by atoms with Crippen LogP contribution in [0.2, 0.25) is 0 Å². The number of benzene rings is 1. The number of amides is 4. The normalized spacial score (nSPS) is 14.0. The molecule has 0 atom stereocenters. The molecule has 120 valence electrons. The highest BCUT2D eigenvalue weighted by molar-refractivity contribution is 6.31. The number of imide groups is 2. The van der Waals surface area contributed by atoms with E-state index in [1.807, 2.05) is 10.6 Å². The van der Waals surface area contributed by atoms with Crippen LogP contribution in [0.15, 0.2) is 52.7 Å². The minimum Gasteiger partial charge on any atom is -0.457 e. The van der Waals surface area contributed by atoms with Crippen molar-refractivity contribution in [2.45, 2.75) is 0 Å². The Kier molecular flexibility index (Phi) is 3.94. The lowest BCUT2D eigenvalue weighted by atomic mass is 10.1. The maximum absolute atomic E-state index is 11.7. The molecule has 1 saturated heterocycles. The Labute approximate surface area is 135 Å². The molecule has 4 amide bonds. The van der Waals surface area contributed by atoms with E-state index in [2.05, 4.69) is 0 Å². The summed E-state index contributed by atoms with van der Waals surface area (Å²) in [4.78, 5) is 46.0. The van der Waals surface area contributed by atoms with Crippen LogP contribution in [0.4, 0.5) is 4.79 Å². The van der Waals surface area contributed by atoms with Crippen molar-refractivity contribution in [1.82, 2.24) is 10.6 Å². The van der Waals surface area contributed by atoms with Gasteiger partial charge in [0.05, 0.1) is 6.26 Å². The van der Waals surface area contributed by atoms with Crippen molar-refractivity contribution in [2.24, 2.45) is 0 Å². The van der Waals surface area contributed by atoms with E-state index < -0.39 is 23.8 Å². The molecule has 2 N–H and O–H groups in total. The van der Waals surface area contributed by atoms with Crippen LogP contribution in [0.1, 0.15) is 16.1 Å². The van der Waals surface area contributed by atoms with Crippen molar-refractivity contribution in [3.63, 3.8) is 0 Å². The van der Waals surface area contributed by atoms with Crippen molar-refractivity contribution in [3.8, 4) is 5.75 Å². The monoisotopic (exact) mass is 326 g/mol. The third-order valence-corrected chi connectivity index (χ3v) is 3.07. The van der Waals surface area contributed by atoms with E-state index in [4.69, 9.17) is 9.15 Å². The van der Waals surface area contributed by atoms with Crippen molar-refractivity contribution in [2.75, 3.05) is 0 Å². The Bertz CT molecular complexity index is 827. The molecule has 0 spiro atoms. The van der Waals surface area contributed by atoms with Crippen LogP contribution >= 0.6 is 0 Å². The van der Waals surface area contributed by atoms with Crippen LogP contribution in [0.3, 0.4) is 0 Å². The summed E-state index contributed by atoms with van der Waals surface area (Å²) in [6.45, 7) is 0. The maximum atomic E-state index is 11.7. The van der Waals surface area contributed by atoms with Gasteiger partial charge in [-0.25, -0.2) is 9.59 Å². The standard InChI is InChI=1S/C16H10N2O6/c19-13-11(14(20)18-16(22)17-13)8-9-3-5-10(6-4-9)24-15(21)12-2-1-7-23-12/h1-8H,(H2,17,18,19,20,22). The number of nitrogens with one attached hydrogen (secondary N) is 2. The molecule has 8 heteroatoms. The lowest BCUT2D eigenvalue weighted by Crippen LogP contribution is -2.51. The lowest BCUT2D eigenvalue weighted by Gasteiger charge is -2.13. The average molecular weight is 326 g/mol. The summed E-state index contributed by atoms with van der Waals surface area (Å²) in [5.41, 5.74) is 0.317. The fourth-order valence-electron chi connectivity index (χ4n) is 1.96. The number of furan rings is 1. The fraction of sp³-hybridized carbons (Fsp3) is 0. The van der Waals surface area contributed by atoms with Gasteiger partial charge in [-0.15, -0.1) is 0 Å². The molecule has 24 heavy (non-hydrogen) atoms. The van der Waals surface area contributed by atoms with Crippen LogP contribution in [0, 0.1) is 0 Å². The predicted octanol–water partition coefficient (Wildman–Crippen LogP) is 1.25. The van der Waals surface area contributed by atoms with Crippen LogP contribution in [-0.2, 0) is 9.59 Å². The average Bonchev–Trinajstić information content (AvgIpc) is 3.07. The van der Waals surface area contributed by atoms with Gasteiger partial charge in [0, 0.05) is 0 Å². The molecule has 1 fully saturated rings. The molecule has 2 heterocycles. The molecular formula is C16H10N2O6. The third kappa shape index (κ3) is 3.22. The SMILES string of the molecule is O=C1NC(=O)C(=Cc2ccc(OC(=O)c3ccco3)cc2)C(=O)N1. The number of carbonyl (C=O) groups is 4. The zero-order valence-corrected chi connectivity index (χ0v) is 12.1. The van der Waals surface area contributed by atoms with Gasteiger partial charge in [-0.3, -0.25) is 20.2 Å². The number of carbonyl (C=O) groups excluding carboxylic acids is 4. The maximum Gasteiger partial charge on any atom is 0.379 e. The van der Waals surface area contributed by atoms with E-state index in [0.717, 1.165) is 0 Å². The first-order valence-corrected chi connectivity index (χ1v) is 6.77. The van der Waals surface area contributed by atoms with E-state index >= 15 is 0 Å². The van der Waals surface area contributed by atoms with Gasteiger partial charge in [0.1, 0.15) is 11.3 Å². The fourth-order valence-corrected chi connectivity index (χ4v) is 1.96. The van der Waals surface area contributed by atoms with E-state index in [1.54, 1.807) is 18.2 Å². The van der Waals surface area contributed by atoms with E-state index in [1.165, 1.54) is 30.5 Å². The van der Waals surface area contributed by atoms with Crippen molar-refractivity contribution >= 4 is 29.9 Å². The molecule has 0 saturated carbocycles. The van der Waals surface area contributed by atoms with Gasteiger partial charge in [0.25, 0.3) is 11.8 Å². The number of rotatable bonds is 3. The molecule has 1 aliphatic rings. The van der Waals surface area contributed by atoms with Crippen molar-refractivity contribution in [1.29, 1.82) is 0 Å². The van der Waals surface area contributed by atoms with Gasteiger partial charge in [0.2, 0.25) is 5.76 Å². The Morgan fingerprint density at radius 2 is 1.67 bits per heavy atom. The van der Waals surface area contributed by atoms with Crippen molar-refractivity contribution in [3.05, 3.63) is 59.6 Å². The predicted molar refractivity (Wildman–Crippen MR) is 79.8 cm³/mol. The number of barbiturate groups is 1. The number of esters is 1. The highest BCUT2D eigenvalue weighted by Crippen LogP contribution is 2.17. The summed E-state index contributed by atoms with van der Waals surface area (Å²) in [6, 6.07) is 8.28. The van der Waals surface area contributed by atoms with Crippen LogP contribution < -0.4 is 15.4 Å². The number of hydrogen-bond acceptors (Lipinski definition) is 6. The molecular weight excluding hydrogens is 316 g/mol. The molecule has 1 aliphatic heterocycles. The van der Waals surface area contributed by atoms with Gasteiger partial charge >= 0.3 is 12.0 Å². The van der Waals surface area contributed by atoms with Gasteiger partial charge in [0.15, 0.2) is 0 Å². The quantitative estimate of drug-likeness (QED) is 0.380. The Morgan fingerprint density at radius 3 is 2.25 bits per heavy atom. The Morgan fingerprint density at radius 1 is 1.00 bits per heavy atom. The second-order valence-electron chi connectivity index (χ2n) is 4.73. The summed E-state index contributed by atoms with van der Waals surface area (Å²) in [5.74, 6) is -1.86. The summed E-state index contributed by atoms with van der Waals surface area (Å²) in [6.07, 6.45) is 2.67. The number of ether oxygens (including phenoxy) is 1. The Balaban J connectivity index is 1.74. The molecule has 1 aromatic carbocycles. The summed E-state index contributed by atoms with van der Waals surface area (Å²) < 4.78 is 10.0. The smallest absolute Gasteiger partial charge is 0.379 e. The third-order valence-electron chi connectivity index (χ3n) is 3.07. The number of urea groups is 1. The minimum atomic E-state index is -0.859. The van der Waals surface area contributed by atoms with Gasteiger partial charge in [-0.2, -0.15) is 0 Å². The first-order chi connectivity index (χ1) is 11.5. The molecule has 8 nitrogen and oxygen atoms in total.